The molecule has 2 rings (SSSR count). The summed E-state index contributed by atoms with van der Waals surface area (Å²) >= 11 is 0. The zero-order chi connectivity index (χ0) is 19.3. The van der Waals surface area contributed by atoms with Crippen molar-refractivity contribution in [3.05, 3.63) is 59.2 Å². The molecule has 7 heteroatoms. The van der Waals surface area contributed by atoms with E-state index in [0.29, 0.717) is 16.2 Å². The summed E-state index contributed by atoms with van der Waals surface area (Å²) in [4.78, 5) is 24.8. The second-order valence-corrected chi connectivity index (χ2v) is 7.26. The number of aryl methyl sites for hydroxylation is 1. The van der Waals surface area contributed by atoms with Gasteiger partial charge in [-0.3, -0.25) is 24.6 Å². The molecular formula is C19H22N2O4S. The first-order valence-corrected chi connectivity index (χ1v) is 9.62. The maximum Gasteiger partial charge on any atom is 0.279 e. The van der Waals surface area contributed by atoms with Crippen LogP contribution in [0.4, 0.5) is 0 Å². The number of benzene rings is 2. The van der Waals surface area contributed by atoms with Gasteiger partial charge in [-0.25, -0.2) is 0 Å². The summed E-state index contributed by atoms with van der Waals surface area (Å²) < 4.78 is 17.0. The molecule has 0 aliphatic rings. The van der Waals surface area contributed by atoms with Crippen molar-refractivity contribution in [1.82, 2.24) is 10.9 Å². The van der Waals surface area contributed by atoms with Gasteiger partial charge in [0, 0.05) is 27.5 Å². The number of amides is 2. The van der Waals surface area contributed by atoms with E-state index in [4.69, 9.17) is 4.74 Å². The molecule has 0 saturated heterocycles. The van der Waals surface area contributed by atoms with Crippen molar-refractivity contribution in [2.75, 3.05) is 6.26 Å². The Morgan fingerprint density at radius 1 is 1.04 bits per heavy atom. The summed E-state index contributed by atoms with van der Waals surface area (Å²) in [6, 6.07) is 11.9. The molecule has 2 aromatic carbocycles. The summed E-state index contributed by atoms with van der Waals surface area (Å²) in [7, 11) is -1.11. The highest BCUT2D eigenvalue weighted by atomic mass is 32.2. The molecule has 2 unspecified atom stereocenters. The quantitative estimate of drug-likeness (QED) is 0.787. The Kier molecular flexibility index (Phi) is 6.52. The zero-order valence-electron chi connectivity index (χ0n) is 15.2. The van der Waals surface area contributed by atoms with E-state index in [2.05, 4.69) is 10.9 Å². The van der Waals surface area contributed by atoms with Gasteiger partial charge in [0.1, 0.15) is 5.75 Å². The second kappa shape index (κ2) is 8.62. The summed E-state index contributed by atoms with van der Waals surface area (Å²) in [6.45, 7) is 5.49. The Hall–Kier alpha value is -2.67. The van der Waals surface area contributed by atoms with E-state index in [9.17, 15) is 13.8 Å². The van der Waals surface area contributed by atoms with Gasteiger partial charge in [-0.15, -0.1) is 0 Å². The molecule has 0 saturated carbocycles. The van der Waals surface area contributed by atoms with Crippen LogP contribution >= 0.6 is 0 Å². The van der Waals surface area contributed by atoms with Gasteiger partial charge < -0.3 is 4.74 Å². The van der Waals surface area contributed by atoms with E-state index < -0.39 is 28.7 Å². The minimum atomic E-state index is -1.11. The minimum absolute atomic E-state index is 0.350. The number of hydrazine groups is 1. The van der Waals surface area contributed by atoms with Crippen molar-refractivity contribution in [3.8, 4) is 5.75 Å². The van der Waals surface area contributed by atoms with Crippen molar-refractivity contribution < 1.29 is 18.5 Å². The average molecular weight is 374 g/mol. The molecule has 26 heavy (non-hydrogen) atoms. The van der Waals surface area contributed by atoms with Gasteiger partial charge in [-0.05, 0) is 62.2 Å². The standard InChI is InChI=1S/C19H22N2O4S/c1-12-6-5-7-17(13(12)2)25-14(3)18(22)20-21-19(23)15-8-10-16(11-9-15)26(4)24/h5-11,14H,1-4H3,(H,20,22)(H,21,23). The van der Waals surface area contributed by atoms with E-state index >= 15 is 0 Å². The fraction of sp³-hybridized carbons (Fsp3) is 0.263. The fourth-order valence-electron chi connectivity index (χ4n) is 2.19. The maximum absolute atomic E-state index is 12.1. The first-order valence-electron chi connectivity index (χ1n) is 8.06. The van der Waals surface area contributed by atoms with Crippen molar-refractivity contribution in [1.29, 1.82) is 0 Å². The molecule has 0 aliphatic heterocycles. The van der Waals surface area contributed by atoms with E-state index in [1.165, 1.54) is 0 Å². The van der Waals surface area contributed by atoms with E-state index in [1.54, 1.807) is 43.5 Å². The van der Waals surface area contributed by atoms with Crippen molar-refractivity contribution in [2.45, 2.75) is 31.8 Å². The number of ether oxygens (including phenoxy) is 1. The molecular weight excluding hydrogens is 352 g/mol. The van der Waals surface area contributed by atoms with E-state index in [-0.39, 0.29) is 0 Å². The van der Waals surface area contributed by atoms with Crippen LogP contribution in [0.2, 0.25) is 0 Å². The smallest absolute Gasteiger partial charge is 0.279 e. The van der Waals surface area contributed by atoms with Crippen molar-refractivity contribution in [2.24, 2.45) is 0 Å². The number of rotatable bonds is 5. The third kappa shape index (κ3) is 4.92. The third-order valence-corrected chi connectivity index (χ3v) is 4.91. The topological polar surface area (TPSA) is 84.5 Å². The first kappa shape index (κ1) is 19.7. The number of hydrogen-bond donors (Lipinski definition) is 2. The highest BCUT2D eigenvalue weighted by molar-refractivity contribution is 7.84. The van der Waals surface area contributed by atoms with Crippen LogP contribution in [-0.4, -0.2) is 28.4 Å². The molecule has 0 radical (unpaired) electrons. The molecule has 0 bridgehead atoms. The SMILES string of the molecule is Cc1cccc(OC(C)C(=O)NNC(=O)c2ccc(S(C)=O)cc2)c1C. The van der Waals surface area contributed by atoms with Gasteiger partial charge in [0.05, 0.1) is 0 Å². The number of hydrogen-bond acceptors (Lipinski definition) is 4. The number of carbonyl (C=O) groups is 2. The second-order valence-electron chi connectivity index (χ2n) is 5.88. The molecule has 0 heterocycles. The Labute approximate surface area is 155 Å². The Morgan fingerprint density at radius 2 is 1.69 bits per heavy atom. The highest BCUT2D eigenvalue weighted by Gasteiger charge is 2.17. The minimum Gasteiger partial charge on any atom is -0.481 e. The van der Waals surface area contributed by atoms with Crippen molar-refractivity contribution >= 4 is 22.6 Å². The molecule has 2 amide bonds. The molecule has 2 N–H and O–H groups in total. The lowest BCUT2D eigenvalue weighted by Crippen LogP contribution is -2.47. The third-order valence-electron chi connectivity index (χ3n) is 3.98. The number of carbonyl (C=O) groups excluding carboxylic acids is 2. The monoisotopic (exact) mass is 374 g/mol. The largest absolute Gasteiger partial charge is 0.481 e. The zero-order valence-corrected chi connectivity index (χ0v) is 16.0. The average Bonchev–Trinajstić information content (AvgIpc) is 2.63. The molecule has 138 valence electrons. The van der Waals surface area contributed by atoms with Crippen molar-refractivity contribution in [3.63, 3.8) is 0 Å². The van der Waals surface area contributed by atoms with Crippen LogP contribution in [0.1, 0.15) is 28.4 Å². The lowest BCUT2D eigenvalue weighted by molar-refractivity contribution is -0.128. The molecule has 0 fully saturated rings. The number of nitrogens with one attached hydrogen (secondary N) is 2. The van der Waals surface area contributed by atoms with Crippen LogP contribution in [0.3, 0.4) is 0 Å². The van der Waals surface area contributed by atoms with Gasteiger partial charge in [-0.2, -0.15) is 0 Å². The molecule has 0 aromatic heterocycles. The maximum atomic E-state index is 12.1. The summed E-state index contributed by atoms with van der Waals surface area (Å²) in [5.74, 6) is -0.307. The summed E-state index contributed by atoms with van der Waals surface area (Å²) in [5.41, 5.74) is 7.08. The van der Waals surface area contributed by atoms with Gasteiger partial charge in [0.2, 0.25) is 0 Å². The Bertz CT molecular complexity index is 834. The van der Waals surface area contributed by atoms with Crippen LogP contribution in [0, 0.1) is 13.8 Å². The molecule has 6 nitrogen and oxygen atoms in total. The van der Waals surface area contributed by atoms with Crippen LogP contribution in [0.25, 0.3) is 0 Å². The van der Waals surface area contributed by atoms with Crippen LogP contribution < -0.4 is 15.6 Å². The molecule has 2 aromatic rings. The molecule has 0 spiro atoms. The predicted molar refractivity (Wildman–Crippen MR) is 100 cm³/mol. The Morgan fingerprint density at radius 3 is 2.31 bits per heavy atom. The van der Waals surface area contributed by atoms with Gasteiger partial charge in [0.25, 0.3) is 11.8 Å². The van der Waals surface area contributed by atoms with Crippen LogP contribution in [-0.2, 0) is 15.6 Å². The van der Waals surface area contributed by atoms with Gasteiger partial charge in [-0.1, -0.05) is 12.1 Å². The lowest BCUT2D eigenvalue weighted by atomic mass is 10.1. The Balaban J connectivity index is 1.91. The predicted octanol–water partition coefficient (Wildman–Crippen LogP) is 2.27. The van der Waals surface area contributed by atoms with Gasteiger partial charge in [0.15, 0.2) is 6.10 Å². The van der Waals surface area contributed by atoms with Crippen LogP contribution in [0.15, 0.2) is 47.4 Å². The molecule has 2 atom stereocenters. The lowest BCUT2D eigenvalue weighted by Gasteiger charge is -2.17. The normalized spacial score (nSPS) is 12.8. The summed E-state index contributed by atoms with van der Waals surface area (Å²) in [5, 5.41) is 0. The van der Waals surface area contributed by atoms with Crippen LogP contribution in [0.5, 0.6) is 5.75 Å². The molecule has 0 aliphatic carbocycles. The highest BCUT2D eigenvalue weighted by Crippen LogP contribution is 2.21. The summed E-state index contributed by atoms with van der Waals surface area (Å²) in [6.07, 6.45) is 0.785. The van der Waals surface area contributed by atoms with E-state index in [1.807, 2.05) is 26.0 Å². The first-order chi connectivity index (χ1) is 12.3. The van der Waals surface area contributed by atoms with Gasteiger partial charge >= 0.3 is 0 Å². The van der Waals surface area contributed by atoms with E-state index in [0.717, 1.165) is 11.1 Å². The fourth-order valence-corrected chi connectivity index (χ4v) is 2.71.